The molecule has 19 heavy (non-hydrogen) atoms. The second-order valence-corrected chi connectivity index (χ2v) is 7.84. The van der Waals surface area contributed by atoms with Gasteiger partial charge in [-0.1, -0.05) is 17.7 Å². The Kier molecular flexibility index (Phi) is 2.98. The molecule has 0 spiro atoms. The molecule has 0 heterocycles. The summed E-state index contributed by atoms with van der Waals surface area (Å²) in [6.45, 7) is 2.02. The summed E-state index contributed by atoms with van der Waals surface area (Å²) < 4.78 is 23.7. The summed E-state index contributed by atoms with van der Waals surface area (Å²) in [6.07, 6.45) is 7.05. The van der Waals surface area contributed by atoms with E-state index in [0.29, 0.717) is 4.90 Å². The first kappa shape index (κ1) is 13.1. The molecule has 3 aliphatic carbocycles. The van der Waals surface area contributed by atoms with Crippen LogP contribution in [0.4, 0.5) is 0 Å². The van der Waals surface area contributed by atoms with Gasteiger partial charge in [0.1, 0.15) is 0 Å². The van der Waals surface area contributed by atoms with Crippen LogP contribution in [-0.2, 0) is 15.4 Å². The zero-order chi connectivity index (χ0) is 13.7. The van der Waals surface area contributed by atoms with Crippen molar-refractivity contribution in [1.29, 1.82) is 0 Å². The van der Waals surface area contributed by atoms with E-state index in [-0.39, 0.29) is 5.41 Å². The third-order valence-electron chi connectivity index (χ3n) is 5.11. The standard InChI is InChI=1S/C15H21NO2S/c1-11-2-3-14(19(16,17)18)13(10-11)15-7-4-12(5-8-15)6-9-15/h2-3,10,12H,4-9H2,1H3,(H2,16,17,18). The van der Waals surface area contributed by atoms with Crippen molar-refractivity contribution in [3.63, 3.8) is 0 Å². The average Bonchev–Trinajstić information content (AvgIpc) is 2.39. The molecule has 4 rings (SSSR count). The Balaban J connectivity index is 2.16. The molecule has 104 valence electrons. The first-order valence-corrected chi connectivity index (χ1v) is 8.59. The summed E-state index contributed by atoms with van der Waals surface area (Å²) in [7, 11) is -3.63. The lowest BCUT2D eigenvalue weighted by atomic mass is 9.58. The van der Waals surface area contributed by atoms with Crippen LogP contribution in [0.2, 0.25) is 0 Å². The number of hydrogen-bond acceptors (Lipinski definition) is 2. The Morgan fingerprint density at radius 1 is 1.16 bits per heavy atom. The quantitative estimate of drug-likeness (QED) is 0.905. The van der Waals surface area contributed by atoms with Crippen molar-refractivity contribution >= 4 is 10.0 Å². The summed E-state index contributed by atoms with van der Waals surface area (Å²) in [5.41, 5.74) is 2.15. The topological polar surface area (TPSA) is 60.2 Å². The molecule has 0 atom stereocenters. The number of fused-ring (bicyclic) bond motifs is 3. The van der Waals surface area contributed by atoms with Gasteiger partial charge < -0.3 is 0 Å². The van der Waals surface area contributed by atoms with Gasteiger partial charge >= 0.3 is 0 Å². The lowest BCUT2D eigenvalue weighted by Gasteiger charge is -2.47. The van der Waals surface area contributed by atoms with Gasteiger partial charge in [0.15, 0.2) is 0 Å². The van der Waals surface area contributed by atoms with Gasteiger partial charge in [0.05, 0.1) is 4.90 Å². The van der Waals surface area contributed by atoms with Crippen LogP contribution in [0, 0.1) is 12.8 Å². The molecule has 0 amide bonds. The Hall–Kier alpha value is -0.870. The van der Waals surface area contributed by atoms with Crippen LogP contribution in [0.15, 0.2) is 23.1 Å². The fourth-order valence-corrected chi connectivity index (χ4v) is 4.80. The van der Waals surface area contributed by atoms with E-state index >= 15 is 0 Å². The van der Waals surface area contributed by atoms with Crippen LogP contribution >= 0.6 is 0 Å². The number of aryl methyl sites for hydroxylation is 1. The molecule has 0 aromatic heterocycles. The van der Waals surface area contributed by atoms with Gasteiger partial charge in [0.25, 0.3) is 0 Å². The molecular weight excluding hydrogens is 258 g/mol. The van der Waals surface area contributed by atoms with E-state index in [9.17, 15) is 8.42 Å². The predicted molar refractivity (Wildman–Crippen MR) is 75.4 cm³/mol. The molecular formula is C15H21NO2S. The summed E-state index contributed by atoms with van der Waals surface area (Å²) >= 11 is 0. The van der Waals surface area contributed by atoms with Crippen molar-refractivity contribution in [3.8, 4) is 0 Å². The molecule has 0 saturated heterocycles. The Labute approximate surface area is 115 Å². The molecule has 3 nitrogen and oxygen atoms in total. The lowest BCUT2D eigenvalue weighted by Crippen LogP contribution is -2.39. The van der Waals surface area contributed by atoms with Crippen LogP contribution in [0.3, 0.4) is 0 Å². The molecule has 0 aliphatic heterocycles. The summed E-state index contributed by atoms with van der Waals surface area (Å²) in [6, 6.07) is 5.58. The van der Waals surface area contributed by atoms with Crippen molar-refractivity contribution in [3.05, 3.63) is 29.3 Å². The largest absolute Gasteiger partial charge is 0.238 e. The monoisotopic (exact) mass is 279 g/mol. The van der Waals surface area contributed by atoms with Gasteiger partial charge in [-0.05, 0) is 68.4 Å². The van der Waals surface area contributed by atoms with E-state index in [1.165, 1.54) is 19.3 Å². The predicted octanol–water partition coefficient (Wildman–Crippen LogP) is 2.86. The van der Waals surface area contributed by atoms with E-state index < -0.39 is 10.0 Å². The van der Waals surface area contributed by atoms with Crippen LogP contribution in [0.5, 0.6) is 0 Å². The number of primary sulfonamides is 1. The maximum absolute atomic E-state index is 11.9. The SMILES string of the molecule is Cc1ccc(S(N)(=O)=O)c(C23CCC(CC2)CC3)c1. The molecule has 4 heteroatoms. The first-order chi connectivity index (χ1) is 8.91. The summed E-state index contributed by atoms with van der Waals surface area (Å²) in [5.74, 6) is 0.865. The highest BCUT2D eigenvalue weighted by molar-refractivity contribution is 7.89. The van der Waals surface area contributed by atoms with Crippen LogP contribution in [-0.4, -0.2) is 8.42 Å². The molecule has 3 saturated carbocycles. The van der Waals surface area contributed by atoms with Gasteiger partial charge in [0.2, 0.25) is 10.0 Å². The minimum Gasteiger partial charge on any atom is -0.225 e. The van der Waals surface area contributed by atoms with Crippen LogP contribution in [0.25, 0.3) is 0 Å². The van der Waals surface area contributed by atoms with Crippen molar-refractivity contribution in [1.82, 2.24) is 0 Å². The van der Waals surface area contributed by atoms with Crippen LogP contribution < -0.4 is 5.14 Å². The van der Waals surface area contributed by atoms with E-state index in [0.717, 1.165) is 36.3 Å². The third kappa shape index (κ3) is 2.21. The van der Waals surface area contributed by atoms with E-state index in [4.69, 9.17) is 5.14 Å². The van der Waals surface area contributed by atoms with Crippen molar-refractivity contribution < 1.29 is 8.42 Å². The third-order valence-corrected chi connectivity index (χ3v) is 6.08. The molecule has 0 radical (unpaired) electrons. The minimum absolute atomic E-state index is 0.0581. The molecule has 3 fully saturated rings. The molecule has 1 aromatic carbocycles. The molecule has 2 N–H and O–H groups in total. The van der Waals surface area contributed by atoms with Crippen molar-refractivity contribution in [2.45, 2.75) is 55.8 Å². The Morgan fingerprint density at radius 2 is 1.74 bits per heavy atom. The maximum atomic E-state index is 11.9. The number of benzene rings is 1. The molecule has 3 aliphatic rings. The molecule has 0 unspecified atom stereocenters. The van der Waals surface area contributed by atoms with Crippen molar-refractivity contribution in [2.75, 3.05) is 0 Å². The number of hydrogen-bond donors (Lipinski definition) is 1. The average molecular weight is 279 g/mol. The van der Waals surface area contributed by atoms with Crippen molar-refractivity contribution in [2.24, 2.45) is 11.1 Å². The molecule has 1 aromatic rings. The fraction of sp³-hybridized carbons (Fsp3) is 0.600. The minimum atomic E-state index is -3.63. The van der Waals surface area contributed by atoms with Gasteiger partial charge in [-0.15, -0.1) is 0 Å². The van der Waals surface area contributed by atoms with E-state index in [2.05, 4.69) is 0 Å². The summed E-state index contributed by atoms with van der Waals surface area (Å²) in [4.78, 5) is 0.346. The van der Waals surface area contributed by atoms with Gasteiger partial charge in [0, 0.05) is 0 Å². The first-order valence-electron chi connectivity index (χ1n) is 7.05. The lowest BCUT2D eigenvalue weighted by molar-refractivity contribution is 0.133. The second kappa shape index (κ2) is 4.32. The maximum Gasteiger partial charge on any atom is 0.238 e. The smallest absolute Gasteiger partial charge is 0.225 e. The number of nitrogens with two attached hydrogens (primary N) is 1. The number of sulfonamides is 1. The Morgan fingerprint density at radius 3 is 2.26 bits per heavy atom. The fourth-order valence-electron chi connectivity index (χ4n) is 3.96. The normalized spacial score (nSPS) is 30.5. The zero-order valence-electron chi connectivity index (χ0n) is 11.4. The molecule has 2 bridgehead atoms. The summed E-state index contributed by atoms with van der Waals surface area (Å²) in [5, 5.41) is 5.41. The number of rotatable bonds is 2. The van der Waals surface area contributed by atoms with E-state index in [1.807, 2.05) is 19.1 Å². The zero-order valence-corrected chi connectivity index (χ0v) is 12.2. The van der Waals surface area contributed by atoms with Crippen LogP contribution in [0.1, 0.15) is 49.7 Å². The highest BCUT2D eigenvalue weighted by Gasteiger charge is 2.43. The highest BCUT2D eigenvalue weighted by atomic mass is 32.2. The van der Waals surface area contributed by atoms with Gasteiger partial charge in [-0.2, -0.15) is 0 Å². The van der Waals surface area contributed by atoms with Gasteiger partial charge in [-0.3, -0.25) is 0 Å². The second-order valence-electron chi connectivity index (χ2n) is 6.31. The van der Waals surface area contributed by atoms with Gasteiger partial charge in [-0.25, -0.2) is 13.6 Å². The Bertz CT molecular complexity index is 585. The van der Waals surface area contributed by atoms with E-state index in [1.54, 1.807) is 6.07 Å². The highest BCUT2D eigenvalue weighted by Crippen LogP contribution is 2.52.